The molecule has 0 radical (unpaired) electrons. The van der Waals surface area contributed by atoms with E-state index in [4.69, 9.17) is 29.9 Å². The summed E-state index contributed by atoms with van der Waals surface area (Å²) in [5.74, 6) is 1.41. The monoisotopic (exact) mass is 448 g/mol. The van der Waals surface area contributed by atoms with Crippen LogP contribution in [0.4, 0.5) is 0 Å². The van der Waals surface area contributed by atoms with E-state index in [-0.39, 0.29) is 13.1 Å². The van der Waals surface area contributed by atoms with Gasteiger partial charge in [-0.15, -0.1) is 11.3 Å². The summed E-state index contributed by atoms with van der Waals surface area (Å²) in [6.45, 7) is 0. The molecule has 0 amide bonds. The molecule has 4 nitrogen and oxygen atoms in total. The van der Waals surface area contributed by atoms with Crippen molar-refractivity contribution in [2.45, 2.75) is 0 Å². The Hall–Kier alpha value is -1.82. The Morgan fingerprint density at radius 2 is 1.08 bits per heavy atom. The first kappa shape index (κ1) is 20.5. The molecule has 26 heavy (non-hydrogen) atoms. The number of halogens is 2. The van der Waals surface area contributed by atoms with Gasteiger partial charge >= 0.3 is 33.3 Å². The average Bonchev–Trinajstić information content (AvgIpc) is 3.12. The van der Waals surface area contributed by atoms with Gasteiger partial charge in [-0.05, 0) is 36.4 Å². The normalized spacial score (nSPS) is 10.7. The molecule has 0 fully saturated rings. The number of benzene rings is 2. The van der Waals surface area contributed by atoms with Gasteiger partial charge in [0.1, 0.15) is 0 Å². The third-order valence-corrected chi connectivity index (χ3v) is 3.76. The maximum atomic E-state index is 5.28. The molecule has 2 aromatic carbocycles. The molecule has 0 spiro atoms. The molecule has 3 rings (SSSR count). The van der Waals surface area contributed by atoms with Crippen molar-refractivity contribution in [3.8, 4) is 11.5 Å². The first-order valence-electron chi connectivity index (χ1n) is 7.27. The Kier molecular flexibility index (Phi) is 9.87. The van der Waals surface area contributed by atoms with Crippen LogP contribution in [-0.4, -0.2) is 12.4 Å². The SMILES string of the molecule is C(=N\Oc1ccccc1)/c1ccc(/C=N/Oc2ccccc2)s1.[Cl][Fe][Cl]. The van der Waals surface area contributed by atoms with Crippen LogP contribution in [0.25, 0.3) is 0 Å². The second kappa shape index (κ2) is 12.5. The van der Waals surface area contributed by atoms with Crippen LogP contribution in [0.15, 0.2) is 83.1 Å². The number of nitrogens with zero attached hydrogens (tertiary/aromatic N) is 2. The average molecular weight is 449 g/mol. The first-order valence-corrected chi connectivity index (χ1v) is 11.1. The number of hydrogen-bond acceptors (Lipinski definition) is 5. The number of oxime groups is 2. The molecule has 0 aliphatic rings. The quantitative estimate of drug-likeness (QED) is 0.265. The number of hydrogen-bond donors (Lipinski definition) is 0. The van der Waals surface area contributed by atoms with Crippen molar-refractivity contribution >= 4 is 44.0 Å². The van der Waals surface area contributed by atoms with Crippen molar-refractivity contribution in [3.05, 3.63) is 82.6 Å². The topological polar surface area (TPSA) is 43.2 Å². The molecule has 136 valence electrons. The van der Waals surface area contributed by atoms with Gasteiger partial charge in [0, 0.05) is 9.75 Å². The minimum absolute atomic E-state index is 0.194. The summed E-state index contributed by atoms with van der Waals surface area (Å²) in [7, 11) is 9.53. The molecule has 3 aromatic rings. The van der Waals surface area contributed by atoms with Crippen molar-refractivity contribution in [2.75, 3.05) is 0 Å². The molecular weight excluding hydrogens is 435 g/mol. The molecule has 8 heteroatoms. The van der Waals surface area contributed by atoms with Crippen molar-refractivity contribution in [1.29, 1.82) is 0 Å². The fraction of sp³-hybridized carbons (Fsp3) is 0. The van der Waals surface area contributed by atoms with Crippen molar-refractivity contribution in [3.63, 3.8) is 0 Å². The summed E-state index contributed by atoms with van der Waals surface area (Å²) >= 11 is 1.74. The summed E-state index contributed by atoms with van der Waals surface area (Å²) in [6.07, 6.45) is 3.35. The zero-order chi connectivity index (χ0) is 18.5. The molecule has 0 aliphatic carbocycles. The van der Waals surface area contributed by atoms with Gasteiger partial charge in [0.15, 0.2) is 11.5 Å². The van der Waals surface area contributed by atoms with Crippen LogP contribution in [0, 0.1) is 0 Å². The third kappa shape index (κ3) is 8.04. The molecule has 1 aromatic heterocycles. The molecule has 0 saturated carbocycles. The van der Waals surface area contributed by atoms with E-state index in [1.54, 1.807) is 23.8 Å². The summed E-state index contributed by atoms with van der Waals surface area (Å²) < 4.78 is 0. The molecule has 0 saturated heterocycles. The molecule has 1 heterocycles. The molecule has 0 atom stereocenters. The van der Waals surface area contributed by atoms with E-state index >= 15 is 0 Å². The number of para-hydroxylation sites is 2. The van der Waals surface area contributed by atoms with Crippen LogP contribution in [0.2, 0.25) is 0 Å². The predicted molar refractivity (Wildman–Crippen MR) is 105 cm³/mol. The van der Waals surface area contributed by atoms with Crippen LogP contribution < -0.4 is 9.68 Å². The standard InChI is InChI=1S/C18H14N2O2S.2ClH.Fe/c1-3-7-15(8-4-1)21-19-13-17-11-12-18(23-17)14-20-22-16-9-5-2-6-10-16;;;/h1-14H;2*1H;/q;;;+2/p-2/b19-13+,20-14+;;;. The van der Waals surface area contributed by atoms with Crippen LogP contribution in [0.5, 0.6) is 11.5 Å². The van der Waals surface area contributed by atoms with E-state index in [0.717, 1.165) is 9.75 Å². The zero-order valence-corrected chi connectivity index (χ0v) is 16.7. The fourth-order valence-corrected chi connectivity index (χ4v) is 2.48. The van der Waals surface area contributed by atoms with Gasteiger partial charge in [0.25, 0.3) is 0 Å². The molecule has 0 aliphatic heterocycles. The van der Waals surface area contributed by atoms with E-state index in [9.17, 15) is 0 Å². The number of rotatable bonds is 6. The van der Waals surface area contributed by atoms with E-state index in [2.05, 4.69) is 10.3 Å². The van der Waals surface area contributed by atoms with Crippen molar-refractivity contribution in [1.82, 2.24) is 0 Å². The van der Waals surface area contributed by atoms with Crippen molar-refractivity contribution < 1.29 is 22.8 Å². The third-order valence-electron chi connectivity index (χ3n) is 2.81. The minimum atomic E-state index is 0.194. The summed E-state index contributed by atoms with van der Waals surface area (Å²) in [5, 5.41) is 7.93. The summed E-state index contributed by atoms with van der Waals surface area (Å²) in [4.78, 5) is 12.5. The molecule has 0 N–H and O–H groups in total. The van der Waals surface area contributed by atoms with Crippen LogP contribution >= 0.6 is 31.5 Å². The van der Waals surface area contributed by atoms with Gasteiger partial charge in [0.2, 0.25) is 0 Å². The Bertz CT molecular complexity index is 748. The van der Waals surface area contributed by atoms with Gasteiger partial charge in [-0.25, -0.2) is 0 Å². The second-order valence-electron chi connectivity index (χ2n) is 4.57. The van der Waals surface area contributed by atoms with E-state index in [1.807, 2.05) is 72.8 Å². The fourth-order valence-electron chi connectivity index (χ4n) is 1.75. The molecule has 0 bridgehead atoms. The van der Waals surface area contributed by atoms with Crippen molar-refractivity contribution in [2.24, 2.45) is 10.3 Å². The Morgan fingerprint density at radius 3 is 1.46 bits per heavy atom. The zero-order valence-electron chi connectivity index (χ0n) is 13.3. The van der Waals surface area contributed by atoms with E-state index in [1.165, 1.54) is 0 Å². The van der Waals surface area contributed by atoms with E-state index in [0.29, 0.717) is 11.5 Å². The van der Waals surface area contributed by atoms with Gasteiger partial charge < -0.3 is 9.68 Å². The van der Waals surface area contributed by atoms with Gasteiger partial charge in [-0.1, -0.05) is 46.7 Å². The Balaban J connectivity index is 0.000000758. The van der Waals surface area contributed by atoms with Crippen LogP contribution in [-0.2, 0) is 13.1 Å². The van der Waals surface area contributed by atoms with Crippen LogP contribution in [0.3, 0.4) is 0 Å². The van der Waals surface area contributed by atoms with E-state index < -0.39 is 0 Å². The molecular formula is C18H14Cl2FeN2O2S. The molecule has 0 unspecified atom stereocenters. The van der Waals surface area contributed by atoms with Gasteiger partial charge in [-0.2, -0.15) is 0 Å². The first-order chi connectivity index (χ1) is 12.8. The summed E-state index contributed by atoms with van der Waals surface area (Å²) in [5.41, 5.74) is 0. The van der Waals surface area contributed by atoms with Gasteiger partial charge in [-0.3, -0.25) is 0 Å². The Labute approximate surface area is 170 Å². The summed E-state index contributed by atoms with van der Waals surface area (Å²) in [6, 6.07) is 22.8. The van der Waals surface area contributed by atoms with Gasteiger partial charge in [0.05, 0.1) is 12.4 Å². The maximum absolute atomic E-state index is 5.28. The number of thiophene rings is 1. The Morgan fingerprint density at radius 1 is 0.692 bits per heavy atom. The predicted octanol–water partition coefficient (Wildman–Crippen LogP) is 5.95. The van der Waals surface area contributed by atoms with Crippen LogP contribution in [0.1, 0.15) is 9.75 Å². The second-order valence-corrected chi connectivity index (χ2v) is 7.54.